The number of aryl methyl sites for hydroxylation is 2. The summed E-state index contributed by atoms with van der Waals surface area (Å²) in [5, 5.41) is 27.7. The van der Waals surface area contributed by atoms with E-state index >= 15 is 0 Å². The van der Waals surface area contributed by atoms with Gasteiger partial charge in [0.2, 0.25) is 0 Å². The molecule has 98 valence electrons. The topological polar surface area (TPSA) is 65.2 Å². The van der Waals surface area contributed by atoms with Crippen molar-refractivity contribution < 1.29 is 10.2 Å². The zero-order valence-electron chi connectivity index (χ0n) is 11.2. The molecule has 0 heterocycles. The first-order chi connectivity index (χ1) is 9.00. The number of benzene rings is 2. The van der Waals surface area contributed by atoms with Crippen LogP contribution in [0, 0.1) is 20.8 Å². The maximum atomic E-state index is 10.0. The molecule has 0 saturated heterocycles. The molecule has 4 heteroatoms. The van der Waals surface area contributed by atoms with Crippen LogP contribution in [0.3, 0.4) is 0 Å². The van der Waals surface area contributed by atoms with Crippen LogP contribution in [-0.4, -0.2) is 10.2 Å². The molecule has 0 aliphatic heterocycles. The second kappa shape index (κ2) is 5.10. The van der Waals surface area contributed by atoms with E-state index in [4.69, 9.17) is 0 Å². The number of hydrogen-bond acceptors (Lipinski definition) is 4. The van der Waals surface area contributed by atoms with Gasteiger partial charge in [-0.3, -0.25) is 0 Å². The second-order valence-corrected chi connectivity index (χ2v) is 4.52. The largest absolute Gasteiger partial charge is 0.506 e. The van der Waals surface area contributed by atoms with Gasteiger partial charge in [0.15, 0.2) is 0 Å². The molecule has 4 nitrogen and oxygen atoms in total. The summed E-state index contributed by atoms with van der Waals surface area (Å²) in [5.41, 5.74) is 3.50. The second-order valence-electron chi connectivity index (χ2n) is 4.52. The van der Waals surface area contributed by atoms with Gasteiger partial charge in [-0.25, -0.2) is 0 Å². The van der Waals surface area contributed by atoms with E-state index in [1.165, 1.54) is 0 Å². The molecule has 0 aliphatic carbocycles. The molecule has 0 aliphatic rings. The van der Waals surface area contributed by atoms with Gasteiger partial charge in [0.1, 0.15) is 22.9 Å². The minimum Gasteiger partial charge on any atom is -0.506 e. The molecule has 0 saturated carbocycles. The molecule has 2 rings (SSSR count). The third kappa shape index (κ3) is 2.57. The molecule has 2 aromatic carbocycles. The van der Waals surface area contributed by atoms with E-state index in [9.17, 15) is 10.2 Å². The highest BCUT2D eigenvalue weighted by atomic mass is 16.3. The van der Waals surface area contributed by atoms with Gasteiger partial charge in [-0.1, -0.05) is 18.2 Å². The van der Waals surface area contributed by atoms with Crippen LogP contribution >= 0.6 is 0 Å². The minimum atomic E-state index is 0.0627. The summed E-state index contributed by atoms with van der Waals surface area (Å²) in [4.78, 5) is 0. The van der Waals surface area contributed by atoms with E-state index in [2.05, 4.69) is 10.2 Å². The number of para-hydroxylation sites is 1. The summed E-state index contributed by atoms with van der Waals surface area (Å²) in [5.74, 6) is 0.190. The smallest absolute Gasteiger partial charge is 0.146 e. The van der Waals surface area contributed by atoms with Gasteiger partial charge in [0, 0.05) is 0 Å². The fourth-order valence-electron chi connectivity index (χ4n) is 1.83. The van der Waals surface area contributed by atoms with Crippen molar-refractivity contribution in [1.29, 1.82) is 0 Å². The molecule has 2 aromatic rings. The van der Waals surface area contributed by atoms with Crippen LogP contribution in [0.15, 0.2) is 40.6 Å². The van der Waals surface area contributed by atoms with Crippen LogP contribution in [0.4, 0.5) is 11.4 Å². The molecule has 0 fully saturated rings. The normalized spacial score (nSPS) is 11.1. The molecule has 0 aromatic heterocycles. The van der Waals surface area contributed by atoms with E-state index in [0.717, 1.165) is 16.7 Å². The van der Waals surface area contributed by atoms with E-state index < -0.39 is 0 Å². The van der Waals surface area contributed by atoms with Gasteiger partial charge in [-0.15, -0.1) is 10.2 Å². The van der Waals surface area contributed by atoms with Gasteiger partial charge in [0.25, 0.3) is 0 Å². The average molecular weight is 256 g/mol. The number of phenolic OH excluding ortho intramolecular Hbond substituents is 2. The van der Waals surface area contributed by atoms with Crippen molar-refractivity contribution in [2.75, 3.05) is 0 Å². The van der Waals surface area contributed by atoms with E-state index in [-0.39, 0.29) is 11.5 Å². The minimum absolute atomic E-state index is 0.0627. The van der Waals surface area contributed by atoms with Crippen LogP contribution in [0.2, 0.25) is 0 Å². The first-order valence-corrected chi connectivity index (χ1v) is 6.00. The predicted octanol–water partition coefficient (Wildman–Crippen LogP) is 4.44. The molecule has 19 heavy (non-hydrogen) atoms. The lowest BCUT2D eigenvalue weighted by molar-refractivity contribution is 0.470. The molecule has 0 spiro atoms. The number of hydrogen-bond donors (Lipinski definition) is 2. The fourth-order valence-corrected chi connectivity index (χ4v) is 1.83. The van der Waals surface area contributed by atoms with Crippen LogP contribution in [0.25, 0.3) is 0 Å². The van der Waals surface area contributed by atoms with Crippen LogP contribution in [0.1, 0.15) is 16.7 Å². The number of nitrogens with zero attached hydrogens (tertiary/aromatic N) is 2. The average Bonchev–Trinajstić information content (AvgIpc) is 2.38. The van der Waals surface area contributed by atoms with Crippen LogP contribution < -0.4 is 0 Å². The summed E-state index contributed by atoms with van der Waals surface area (Å²) < 4.78 is 0. The van der Waals surface area contributed by atoms with Gasteiger partial charge in [0.05, 0.1) is 0 Å². The van der Waals surface area contributed by atoms with Crippen molar-refractivity contribution in [2.24, 2.45) is 10.2 Å². The Balaban J connectivity index is 2.47. The Hall–Kier alpha value is -2.36. The molecule has 0 bridgehead atoms. The maximum absolute atomic E-state index is 10.0. The molecule has 2 N–H and O–H groups in total. The number of aromatic hydroxyl groups is 2. The molecule has 0 amide bonds. The first-order valence-electron chi connectivity index (χ1n) is 6.00. The number of phenols is 2. The standard InChI is InChI=1S/C15H16N2O2/c1-9-8-10(2)15(19)14(11(9)3)17-16-12-6-4-5-7-13(12)18/h4-8,18-19H,1-3H3. The Morgan fingerprint density at radius 3 is 2.26 bits per heavy atom. The Labute approximate surface area is 112 Å². The van der Waals surface area contributed by atoms with Crippen molar-refractivity contribution in [2.45, 2.75) is 20.8 Å². The number of azo groups is 1. The molecular formula is C15H16N2O2. The Bertz CT molecular complexity index is 623. The van der Waals surface area contributed by atoms with Crippen molar-refractivity contribution in [1.82, 2.24) is 0 Å². The van der Waals surface area contributed by atoms with Gasteiger partial charge in [-0.2, -0.15) is 0 Å². The third-order valence-electron chi connectivity index (χ3n) is 3.12. The quantitative estimate of drug-likeness (QED) is 0.780. The summed E-state index contributed by atoms with van der Waals surface area (Å²) >= 11 is 0. The SMILES string of the molecule is Cc1cc(C)c(O)c(N=Nc2ccccc2O)c1C. The fraction of sp³-hybridized carbons (Fsp3) is 0.200. The van der Waals surface area contributed by atoms with Crippen molar-refractivity contribution in [3.05, 3.63) is 47.0 Å². The van der Waals surface area contributed by atoms with Crippen LogP contribution in [0.5, 0.6) is 11.5 Å². The Morgan fingerprint density at radius 1 is 0.895 bits per heavy atom. The summed E-state index contributed by atoms with van der Waals surface area (Å²) in [7, 11) is 0. The number of rotatable bonds is 2. The molecule has 0 unspecified atom stereocenters. The van der Waals surface area contributed by atoms with Crippen molar-refractivity contribution >= 4 is 11.4 Å². The van der Waals surface area contributed by atoms with Crippen LogP contribution in [-0.2, 0) is 0 Å². The Kier molecular flexibility index (Phi) is 3.51. The lowest BCUT2D eigenvalue weighted by Crippen LogP contribution is -1.85. The van der Waals surface area contributed by atoms with E-state index in [1.807, 2.05) is 26.8 Å². The van der Waals surface area contributed by atoms with Crippen molar-refractivity contribution in [3.63, 3.8) is 0 Å². The zero-order chi connectivity index (χ0) is 14.0. The maximum Gasteiger partial charge on any atom is 0.146 e. The third-order valence-corrected chi connectivity index (χ3v) is 3.12. The monoisotopic (exact) mass is 256 g/mol. The summed E-state index contributed by atoms with van der Waals surface area (Å²) in [6.07, 6.45) is 0. The molecule has 0 radical (unpaired) electrons. The highest BCUT2D eigenvalue weighted by Crippen LogP contribution is 2.37. The molecular weight excluding hydrogens is 240 g/mol. The molecule has 0 atom stereocenters. The summed E-state index contributed by atoms with van der Waals surface area (Å²) in [6.45, 7) is 5.66. The van der Waals surface area contributed by atoms with E-state index in [0.29, 0.717) is 11.4 Å². The lowest BCUT2D eigenvalue weighted by atomic mass is 10.0. The van der Waals surface area contributed by atoms with Crippen molar-refractivity contribution in [3.8, 4) is 11.5 Å². The van der Waals surface area contributed by atoms with Gasteiger partial charge >= 0.3 is 0 Å². The van der Waals surface area contributed by atoms with Gasteiger partial charge < -0.3 is 10.2 Å². The lowest BCUT2D eigenvalue weighted by Gasteiger charge is -2.09. The Morgan fingerprint density at radius 2 is 1.58 bits per heavy atom. The first kappa shape index (κ1) is 13.1. The highest BCUT2D eigenvalue weighted by Gasteiger charge is 2.10. The van der Waals surface area contributed by atoms with E-state index in [1.54, 1.807) is 24.3 Å². The summed E-state index contributed by atoms with van der Waals surface area (Å²) in [6, 6.07) is 8.59. The van der Waals surface area contributed by atoms with Gasteiger partial charge in [-0.05, 0) is 49.6 Å². The zero-order valence-corrected chi connectivity index (χ0v) is 11.2. The predicted molar refractivity (Wildman–Crippen MR) is 74.6 cm³/mol. The highest BCUT2D eigenvalue weighted by molar-refractivity contribution is 5.63.